The van der Waals surface area contributed by atoms with Crippen LogP contribution in [0.3, 0.4) is 0 Å². The molecule has 0 aromatic heterocycles. The lowest BCUT2D eigenvalue weighted by atomic mass is 10.2. The Hall–Kier alpha value is -0.300. The monoisotopic (exact) mass is 184 g/mol. The maximum Gasteiger partial charge on any atom is 0.0968 e. The summed E-state index contributed by atoms with van der Waals surface area (Å²) >= 11 is 0. The topological polar surface area (TPSA) is 0 Å². The lowest BCUT2D eigenvalue weighted by Gasteiger charge is -2.32. The van der Waals surface area contributed by atoms with E-state index in [9.17, 15) is 0 Å². The Morgan fingerprint density at radius 2 is 1.85 bits per heavy atom. The molecule has 0 saturated heterocycles. The number of unbranched alkanes of at least 4 members (excludes halogenated alkanes) is 3. The van der Waals surface area contributed by atoms with E-state index >= 15 is 0 Å². The average Bonchev–Trinajstić information content (AvgIpc) is 2.13. The molecule has 0 heterocycles. The number of hydrogen-bond donors (Lipinski definition) is 0. The van der Waals surface area contributed by atoms with Gasteiger partial charge in [0.1, 0.15) is 0 Å². The minimum atomic E-state index is 1.11. The second-order valence-corrected chi connectivity index (χ2v) is 4.19. The van der Waals surface area contributed by atoms with Gasteiger partial charge in [0.2, 0.25) is 0 Å². The molecule has 0 fully saturated rings. The normalized spacial score (nSPS) is 15.3. The Kier molecular flexibility index (Phi) is 6.97. The summed E-state index contributed by atoms with van der Waals surface area (Å²) in [7, 11) is 2.33. The van der Waals surface area contributed by atoms with Gasteiger partial charge in [-0.25, -0.2) is 0 Å². The molecule has 13 heavy (non-hydrogen) atoms. The fourth-order valence-electron chi connectivity index (χ4n) is 1.61. The quantitative estimate of drug-likeness (QED) is 0.309. The highest BCUT2D eigenvalue weighted by molar-refractivity contribution is 4.65. The second kappa shape index (κ2) is 7.14. The molecule has 0 N–H and O–H groups in total. The maximum absolute atomic E-state index is 3.82. The third-order valence-corrected chi connectivity index (χ3v) is 2.88. The van der Waals surface area contributed by atoms with Crippen LogP contribution in [-0.4, -0.2) is 31.2 Å². The number of hydrogen-bond acceptors (Lipinski definition) is 0. The number of rotatable bonds is 8. The number of likely N-dealkylation sites (N-methyl/N-ethyl adjacent to an activating group) is 1. The molecule has 0 radical (unpaired) electrons. The van der Waals surface area contributed by atoms with Crippen molar-refractivity contribution in [2.24, 2.45) is 0 Å². The molecule has 1 atom stereocenters. The van der Waals surface area contributed by atoms with E-state index < -0.39 is 0 Å². The predicted octanol–water partition coefficient (Wildman–Crippen LogP) is 3.22. The summed E-state index contributed by atoms with van der Waals surface area (Å²) in [5, 5.41) is 0. The van der Waals surface area contributed by atoms with E-state index in [1.54, 1.807) is 0 Å². The van der Waals surface area contributed by atoms with Crippen LogP contribution >= 0.6 is 0 Å². The predicted molar refractivity (Wildman–Crippen MR) is 60.8 cm³/mol. The molecule has 0 aliphatic heterocycles. The molecule has 78 valence electrons. The zero-order valence-electron chi connectivity index (χ0n) is 9.68. The average molecular weight is 184 g/mol. The van der Waals surface area contributed by atoms with Gasteiger partial charge in [0.25, 0.3) is 0 Å². The summed E-state index contributed by atoms with van der Waals surface area (Å²) in [6.07, 6.45) is 7.52. The third-order valence-electron chi connectivity index (χ3n) is 2.88. The van der Waals surface area contributed by atoms with Crippen LogP contribution in [0.2, 0.25) is 0 Å². The summed E-state index contributed by atoms with van der Waals surface area (Å²) in [6, 6.07) is 0. The molecular formula is C12H26N+. The molecule has 0 aliphatic rings. The zero-order chi connectivity index (χ0) is 10.2. The largest absolute Gasteiger partial charge is 0.323 e. The maximum atomic E-state index is 3.82. The SMILES string of the molecule is C=CC[N+](C)(CC)CCCCCC. The minimum Gasteiger partial charge on any atom is -0.323 e. The first-order valence-electron chi connectivity index (χ1n) is 5.63. The minimum absolute atomic E-state index is 1.11. The van der Waals surface area contributed by atoms with E-state index in [1.807, 2.05) is 6.08 Å². The van der Waals surface area contributed by atoms with Gasteiger partial charge in [0.15, 0.2) is 0 Å². The smallest absolute Gasteiger partial charge is 0.0968 e. The molecule has 0 aromatic rings. The van der Waals surface area contributed by atoms with Crippen LogP contribution < -0.4 is 0 Å². The fourth-order valence-corrected chi connectivity index (χ4v) is 1.61. The van der Waals surface area contributed by atoms with Crippen LogP contribution in [0.25, 0.3) is 0 Å². The molecule has 1 unspecified atom stereocenters. The molecule has 0 rings (SSSR count). The van der Waals surface area contributed by atoms with Gasteiger partial charge in [-0.05, 0) is 25.8 Å². The lowest BCUT2D eigenvalue weighted by Crippen LogP contribution is -2.44. The van der Waals surface area contributed by atoms with Gasteiger partial charge < -0.3 is 4.48 Å². The van der Waals surface area contributed by atoms with Gasteiger partial charge in [0.05, 0.1) is 26.7 Å². The van der Waals surface area contributed by atoms with Gasteiger partial charge in [-0.1, -0.05) is 26.3 Å². The van der Waals surface area contributed by atoms with Crippen molar-refractivity contribution in [3.63, 3.8) is 0 Å². The standard InChI is InChI=1S/C12H26N/c1-5-8-9-10-12-13(4,7-3)11-6-2/h6H,2,5,7-12H2,1,3-4H3/q+1. The Bertz CT molecular complexity index is 131. The highest BCUT2D eigenvalue weighted by Crippen LogP contribution is 2.07. The van der Waals surface area contributed by atoms with Crippen LogP contribution in [0, 0.1) is 0 Å². The fraction of sp³-hybridized carbons (Fsp3) is 0.833. The van der Waals surface area contributed by atoms with E-state index in [4.69, 9.17) is 0 Å². The van der Waals surface area contributed by atoms with Crippen molar-refractivity contribution in [1.82, 2.24) is 0 Å². The summed E-state index contributed by atoms with van der Waals surface area (Å²) in [5.74, 6) is 0. The Morgan fingerprint density at radius 3 is 2.31 bits per heavy atom. The summed E-state index contributed by atoms with van der Waals surface area (Å²) in [4.78, 5) is 0. The van der Waals surface area contributed by atoms with Gasteiger partial charge in [0, 0.05) is 0 Å². The first-order valence-corrected chi connectivity index (χ1v) is 5.63. The van der Waals surface area contributed by atoms with Crippen LogP contribution in [0.5, 0.6) is 0 Å². The molecule has 0 spiro atoms. The molecule has 0 amide bonds. The molecule has 0 bridgehead atoms. The van der Waals surface area contributed by atoms with Gasteiger partial charge in [-0.15, -0.1) is 0 Å². The highest BCUT2D eigenvalue weighted by Gasteiger charge is 2.15. The molecule has 0 saturated carbocycles. The lowest BCUT2D eigenvalue weighted by molar-refractivity contribution is -0.902. The van der Waals surface area contributed by atoms with Crippen molar-refractivity contribution < 1.29 is 4.48 Å². The first-order chi connectivity index (χ1) is 6.18. The van der Waals surface area contributed by atoms with E-state index in [-0.39, 0.29) is 0 Å². The van der Waals surface area contributed by atoms with E-state index in [2.05, 4.69) is 27.5 Å². The molecule has 1 nitrogen and oxygen atoms in total. The Balaban J connectivity index is 3.63. The Labute approximate surface area is 84.0 Å². The van der Waals surface area contributed by atoms with E-state index in [0.29, 0.717) is 0 Å². The van der Waals surface area contributed by atoms with Gasteiger partial charge in [-0.2, -0.15) is 0 Å². The molecular weight excluding hydrogens is 158 g/mol. The van der Waals surface area contributed by atoms with Crippen LogP contribution in [0.1, 0.15) is 39.5 Å². The molecule has 0 aromatic carbocycles. The third kappa shape index (κ3) is 5.87. The van der Waals surface area contributed by atoms with Crippen LogP contribution in [0.15, 0.2) is 12.7 Å². The summed E-state index contributed by atoms with van der Waals surface area (Å²) in [6.45, 7) is 12.0. The van der Waals surface area contributed by atoms with E-state index in [1.165, 1.54) is 38.8 Å². The van der Waals surface area contributed by atoms with Gasteiger partial charge >= 0.3 is 0 Å². The van der Waals surface area contributed by atoms with Crippen molar-refractivity contribution in [1.29, 1.82) is 0 Å². The summed E-state index contributed by atoms with van der Waals surface area (Å²) < 4.78 is 1.16. The number of quaternary nitrogens is 1. The van der Waals surface area contributed by atoms with Crippen molar-refractivity contribution >= 4 is 0 Å². The highest BCUT2D eigenvalue weighted by atomic mass is 15.3. The van der Waals surface area contributed by atoms with E-state index in [0.717, 1.165) is 11.0 Å². The van der Waals surface area contributed by atoms with Gasteiger partial charge in [-0.3, -0.25) is 0 Å². The van der Waals surface area contributed by atoms with Crippen molar-refractivity contribution in [2.75, 3.05) is 26.7 Å². The van der Waals surface area contributed by atoms with Crippen LogP contribution in [0.4, 0.5) is 0 Å². The second-order valence-electron chi connectivity index (χ2n) is 4.19. The van der Waals surface area contributed by atoms with Crippen molar-refractivity contribution in [3.05, 3.63) is 12.7 Å². The Morgan fingerprint density at radius 1 is 1.15 bits per heavy atom. The van der Waals surface area contributed by atoms with Crippen LogP contribution in [-0.2, 0) is 0 Å². The molecule has 1 heteroatoms. The summed E-state index contributed by atoms with van der Waals surface area (Å²) in [5.41, 5.74) is 0. The zero-order valence-corrected chi connectivity index (χ0v) is 9.68. The van der Waals surface area contributed by atoms with Crippen molar-refractivity contribution in [3.8, 4) is 0 Å². The molecule has 0 aliphatic carbocycles. The first kappa shape index (κ1) is 12.7. The number of nitrogens with zero attached hydrogens (tertiary/aromatic N) is 1. The van der Waals surface area contributed by atoms with Crippen molar-refractivity contribution in [2.45, 2.75) is 39.5 Å².